The smallest absolute Gasteiger partial charge is 0.328 e. The first-order chi connectivity index (χ1) is 9.96. The number of ether oxygens (including phenoxy) is 2. The van der Waals surface area contributed by atoms with E-state index in [1.807, 2.05) is 10.6 Å². The van der Waals surface area contributed by atoms with Crippen LogP contribution < -0.4 is 20.1 Å². The third-order valence-corrected chi connectivity index (χ3v) is 3.51. The maximum atomic E-state index is 11.7. The Morgan fingerprint density at radius 2 is 1.67 bits per heavy atom. The van der Waals surface area contributed by atoms with E-state index in [2.05, 4.69) is 22.6 Å². The summed E-state index contributed by atoms with van der Waals surface area (Å²) < 4.78 is 11.2. The zero-order chi connectivity index (χ0) is 15.6. The van der Waals surface area contributed by atoms with Gasteiger partial charge < -0.3 is 9.47 Å². The van der Waals surface area contributed by atoms with E-state index < -0.39 is 17.8 Å². The van der Waals surface area contributed by atoms with Crippen LogP contribution >= 0.6 is 22.6 Å². The molecule has 7 nitrogen and oxygen atoms in total. The Bertz CT molecular complexity index is 647. The summed E-state index contributed by atoms with van der Waals surface area (Å²) >= 11 is 2.05. The first-order valence-corrected chi connectivity index (χ1v) is 6.84. The van der Waals surface area contributed by atoms with E-state index in [9.17, 15) is 14.4 Å². The molecule has 2 rings (SSSR count). The van der Waals surface area contributed by atoms with Crippen molar-refractivity contribution in [2.45, 2.75) is 0 Å². The molecule has 0 radical (unpaired) electrons. The lowest BCUT2D eigenvalue weighted by Crippen LogP contribution is -2.51. The lowest BCUT2D eigenvalue weighted by Gasteiger charge is -2.15. The van der Waals surface area contributed by atoms with Gasteiger partial charge in [-0.3, -0.25) is 20.2 Å². The SMILES string of the molecule is COc1cc(C=C2C(=O)NC(=O)NC2=O)cc(I)c1OC. The van der Waals surface area contributed by atoms with Crippen molar-refractivity contribution in [3.63, 3.8) is 0 Å². The first-order valence-electron chi connectivity index (χ1n) is 5.76. The third kappa shape index (κ3) is 3.15. The summed E-state index contributed by atoms with van der Waals surface area (Å²) in [6.07, 6.45) is 1.38. The van der Waals surface area contributed by atoms with E-state index in [0.29, 0.717) is 17.1 Å². The number of methoxy groups -OCH3 is 2. The molecule has 1 aromatic carbocycles. The number of carbonyl (C=O) groups excluding carboxylic acids is 3. The zero-order valence-electron chi connectivity index (χ0n) is 11.2. The molecule has 0 atom stereocenters. The summed E-state index contributed by atoms with van der Waals surface area (Å²) in [5.74, 6) is -0.445. The van der Waals surface area contributed by atoms with Crippen LogP contribution in [0.25, 0.3) is 6.08 Å². The van der Waals surface area contributed by atoms with Gasteiger partial charge in [-0.05, 0) is 46.4 Å². The zero-order valence-corrected chi connectivity index (χ0v) is 13.3. The molecule has 0 unspecified atom stereocenters. The van der Waals surface area contributed by atoms with Crippen LogP contribution in [0.2, 0.25) is 0 Å². The predicted octanol–water partition coefficient (Wildman–Crippen LogP) is 1.06. The molecule has 21 heavy (non-hydrogen) atoms. The van der Waals surface area contributed by atoms with Crippen molar-refractivity contribution in [1.82, 2.24) is 10.6 Å². The number of halogens is 1. The van der Waals surface area contributed by atoms with Crippen LogP contribution in [0.4, 0.5) is 4.79 Å². The summed E-state index contributed by atoms with van der Waals surface area (Å²) in [7, 11) is 3.01. The van der Waals surface area contributed by atoms with Crippen LogP contribution in [0, 0.1) is 3.57 Å². The highest BCUT2D eigenvalue weighted by molar-refractivity contribution is 14.1. The number of amides is 4. The van der Waals surface area contributed by atoms with E-state index in [4.69, 9.17) is 9.47 Å². The second kappa shape index (κ2) is 6.12. The Balaban J connectivity index is 2.45. The van der Waals surface area contributed by atoms with Crippen LogP contribution in [0.5, 0.6) is 11.5 Å². The Morgan fingerprint density at radius 3 is 2.19 bits per heavy atom. The van der Waals surface area contributed by atoms with Gasteiger partial charge in [0.05, 0.1) is 17.8 Å². The van der Waals surface area contributed by atoms with Gasteiger partial charge in [-0.2, -0.15) is 0 Å². The summed E-state index contributed by atoms with van der Waals surface area (Å²) in [5.41, 5.74) is 0.421. The number of benzene rings is 1. The number of nitrogens with one attached hydrogen (secondary N) is 2. The van der Waals surface area contributed by atoms with E-state index >= 15 is 0 Å². The van der Waals surface area contributed by atoms with Gasteiger partial charge in [0.1, 0.15) is 5.57 Å². The standard InChI is InChI=1S/C13H11IN2O5/c1-20-9-5-6(4-8(14)10(9)21-2)3-7-11(17)15-13(19)16-12(7)18/h3-5H,1-2H3,(H2,15,16,17,18,19). The van der Waals surface area contributed by atoms with Crippen LogP contribution in [0.1, 0.15) is 5.56 Å². The Kier molecular flexibility index (Phi) is 4.46. The van der Waals surface area contributed by atoms with Crippen molar-refractivity contribution >= 4 is 46.5 Å². The summed E-state index contributed by atoms with van der Waals surface area (Å²) in [6, 6.07) is 2.53. The molecule has 1 saturated heterocycles. The minimum absolute atomic E-state index is 0.155. The number of urea groups is 1. The second-order valence-electron chi connectivity index (χ2n) is 4.03. The molecule has 110 valence electrons. The van der Waals surface area contributed by atoms with Gasteiger partial charge in [-0.1, -0.05) is 0 Å². The molecule has 0 spiro atoms. The van der Waals surface area contributed by atoms with Crippen molar-refractivity contribution in [1.29, 1.82) is 0 Å². The maximum Gasteiger partial charge on any atom is 0.328 e. The third-order valence-electron chi connectivity index (χ3n) is 2.71. The van der Waals surface area contributed by atoms with Gasteiger partial charge in [0.15, 0.2) is 11.5 Å². The van der Waals surface area contributed by atoms with Gasteiger partial charge in [0.25, 0.3) is 11.8 Å². The minimum Gasteiger partial charge on any atom is -0.493 e. The van der Waals surface area contributed by atoms with Gasteiger partial charge in [0, 0.05) is 0 Å². The second-order valence-corrected chi connectivity index (χ2v) is 5.20. The predicted molar refractivity (Wildman–Crippen MR) is 81.9 cm³/mol. The fourth-order valence-electron chi connectivity index (χ4n) is 1.79. The lowest BCUT2D eigenvalue weighted by molar-refractivity contribution is -0.123. The molecular weight excluding hydrogens is 391 g/mol. The average Bonchev–Trinajstić information content (AvgIpc) is 2.42. The van der Waals surface area contributed by atoms with Crippen molar-refractivity contribution in [3.8, 4) is 11.5 Å². The highest BCUT2D eigenvalue weighted by Crippen LogP contribution is 2.34. The van der Waals surface area contributed by atoms with E-state index in [1.54, 1.807) is 12.1 Å². The molecule has 8 heteroatoms. The van der Waals surface area contributed by atoms with Crippen molar-refractivity contribution in [2.75, 3.05) is 14.2 Å². The van der Waals surface area contributed by atoms with Crippen molar-refractivity contribution in [2.24, 2.45) is 0 Å². The fourth-order valence-corrected chi connectivity index (χ4v) is 2.64. The van der Waals surface area contributed by atoms with Gasteiger partial charge in [-0.25, -0.2) is 4.79 Å². The van der Waals surface area contributed by atoms with Crippen molar-refractivity contribution in [3.05, 3.63) is 26.8 Å². The molecule has 0 aromatic heterocycles. The number of hydrogen-bond acceptors (Lipinski definition) is 5. The monoisotopic (exact) mass is 402 g/mol. The van der Waals surface area contributed by atoms with E-state index in [1.165, 1.54) is 20.3 Å². The van der Waals surface area contributed by atoms with Crippen LogP contribution in [0.15, 0.2) is 17.7 Å². The molecule has 4 amide bonds. The summed E-state index contributed by atoms with van der Waals surface area (Å²) in [5, 5.41) is 4.02. The Labute approximate surface area is 133 Å². The number of imide groups is 2. The number of hydrogen-bond donors (Lipinski definition) is 2. The molecule has 2 N–H and O–H groups in total. The van der Waals surface area contributed by atoms with E-state index in [0.717, 1.165) is 3.57 Å². The highest BCUT2D eigenvalue weighted by Gasteiger charge is 2.27. The van der Waals surface area contributed by atoms with Crippen LogP contribution in [-0.4, -0.2) is 32.1 Å². The van der Waals surface area contributed by atoms with Crippen LogP contribution in [0.3, 0.4) is 0 Å². The minimum atomic E-state index is -0.830. The molecular formula is C13H11IN2O5. The lowest BCUT2D eigenvalue weighted by atomic mass is 10.1. The summed E-state index contributed by atoms with van der Waals surface area (Å²) in [4.78, 5) is 34.3. The largest absolute Gasteiger partial charge is 0.493 e. The van der Waals surface area contributed by atoms with Gasteiger partial charge in [-0.15, -0.1) is 0 Å². The fraction of sp³-hybridized carbons (Fsp3) is 0.154. The van der Waals surface area contributed by atoms with Crippen molar-refractivity contribution < 1.29 is 23.9 Å². The van der Waals surface area contributed by atoms with Gasteiger partial charge >= 0.3 is 6.03 Å². The molecule has 0 aliphatic carbocycles. The quantitative estimate of drug-likeness (QED) is 0.448. The summed E-state index contributed by atoms with van der Waals surface area (Å²) in [6.45, 7) is 0. The normalized spacial score (nSPS) is 14.4. The molecule has 0 saturated carbocycles. The molecule has 1 aliphatic rings. The molecule has 0 bridgehead atoms. The number of carbonyl (C=O) groups is 3. The highest BCUT2D eigenvalue weighted by atomic mass is 127. The molecule has 1 aromatic rings. The first kappa shape index (κ1) is 15.3. The number of rotatable bonds is 3. The van der Waals surface area contributed by atoms with Gasteiger partial charge in [0.2, 0.25) is 0 Å². The maximum absolute atomic E-state index is 11.7. The Morgan fingerprint density at radius 1 is 1.05 bits per heavy atom. The van der Waals surface area contributed by atoms with E-state index in [-0.39, 0.29) is 5.57 Å². The molecule has 1 fully saturated rings. The average molecular weight is 402 g/mol. The van der Waals surface area contributed by atoms with Crippen LogP contribution in [-0.2, 0) is 9.59 Å². The number of barbiturate groups is 1. The molecule has 1 heterocycles. The Hall–Kier alpha value is -2.10. The molecule has 1 aliphatic heterocycles. The topological polar surface area (TPSA) is 93.7 Å².